The molecule has 24 heavy (non-hydrogen) atoms. The van der Waals surface area contributed by atoms with Crippen molar-refractivity contribution in [2.75, 3.05) is 4.90 Å². The number of halogens is 3. The molecule has 1 atom stereocenters. The topological polar surface area (TPSA) is 99.7 Å². The normalized spacial score (nSPS) is 18.1. The Morgan fingerprint density at radius 2 is 1.83 bits per heavy atom. The molecule has 3 rings (SSSR count). The zero-order chi connectivity index (χ0) is 17.3. The maximum absolute atomic E-state index is 13.4. The molecule has 0 fully saturated rings. The van der Waals surface area contributed by atoms with Crippen LogP contribution in [0.2, 0.25) is 0 Å². The van der Waals surface area contributed by atoms with Gasteiger partial charge >= 0.3 is 6.18 Å². The minimum Gasteiger partial charge on any atom is -0.346 e. The van der Waals surface area contributed by atoms with E-state index in [2.05, 4.69) is 31.1 Å². The lowest BCUT2D eigenvalue weighted by atomic mass is 10.2. The summed E-state index contributed by atoms with van der Waals surface area (Å²) in [6.07, 6.45) is -2.03. The van der Waals surface area contributed by atoms with Crippen LogP contribution in [0.4, 0.5) is 19.1 Å². The predicted molar refractivity (Wildman–Crippen MR) is 71.9 cm³/mol. The van der Waals surface area contributed by atoms with E-state index in [4.69, 9.17) is 4.74 Å². The smallest absolute Gasteiger partial charge is 0.346 e. The van der Waals surface area contributed by atoms with Crippen LogP contribution in [0.15, 0.2) is 23.9 Å². The van der Waals surface area contributed by atoms with Crippen LogP contribution in [0.25, 0.3) is 0 Å². The third-order valence-electron chi connectivity index (χ3n) is 3.24. The van der Waals surface area contributed by atoms with Crippen molar-refractivity contribution >= 4 is 5.95 Å². The van der Waals surface area contributed by atoms with Gasteiger partial charge in [-0.2, -0.15) is 13.2 Å². The number of tetrazole rings is 2. The summed E-state index contributed by atoms with van der Waals surface area (Å²) in [6.45, 7) is -0.0918. The molecule has 0 N–H and O–H groups in total. The highest BCUT2D eigenvalue weighted by Crippen LogP contribution is 2.35. The van der Waals surface area contributed by atoms with Crippen LogP contribution in [0.3, 0.4) is 0 Å². The Bertz CT molecular complexity index is 778. The first-order chi connectivity index (χ1) is 11.4. The van der Waals surface area contributed by atoms with Gasteiger partial charge in [0.15, 0.2) is 12.1 Å². The second-order valence-electron chi connectivity index (χ2n) is 4.83. The summed E-state index contributed by atoms with van der Waals surface area (Å²) in [5.41, 5.74) is -0.941. The van der Waals surface area contributed by atoms with Gasteiger partial charge in [0.25, 0.3) is 5.95 Å². The Morgan fingerprint density at radius 1 is 1.12 bits per heavy atom. The van der Waals surface area contributed by atoms with E-state index in [0.29, 0.717) is 5.82 Å². The molecule has 0 bridgehead atoms. The fourth-order valence-electron chi connectivity index (χ4n) is 2.09. The van der Waals surface area contributed by atoms with Crippen molar-refractivity contribution in [1.82, 2.24) is 40.4 Å². The number of ether oxygens (including phenoxy) is 1. The van der Waals surface area contributed by atoms with Crippen molar-refractivity contribution in [3.8, 4) is 0 Å². The van der Waals surface area contributed by atoms with E-state index in [1.165, 1.54) is 23.9 Å². The number of aromatic nitrogens is 8. The minimum atomic E-state index is -4.61. The summed E-state index contributed by atoms with van der Waals surface area (Å²) in [5, 5.41) is 21.4. The van der Waals surface area contributed by atoms with Gasteiger partial charge in [0, 0.05) is 14.1 Å². The number of anilines is 1. The number of hydrogen-bond donors (Lipinski definition) is 0. The SMILES string of the molecule is Cn1nnnc1COC1C=CC=C(C(F)(F)F)N1c1nnnn1C. The molecule has 0 saturated heterocycles. The Morgan fingerprint density at radius 3 is 2.42 bits per heavy atom. The van der Waals surface area contributed by atoms with E-state index in [1.54, 1.807) is 7.05 Å². The van der Waals surface area contributed by atoms with Gasteiger partial charge in [0.05, 0.1) is 0 Å². The zero-order valence-corrected chi connectivity index (χ0v) is 12.6. The molecule has 2 aromatic rings. The number of nitrogens with zero attached hydrogens (tertiary/aromatic N) is 9. The molecule has 1 unspecified atom stereocenters. The third kappa shape index (κ3) is 2.97. The van der Waals surface area contributed by atoms with Crippen LogP contribution in [0, 0.1) is 0 Å². The molecular formula is C11H12F3N9O. The fourth-order valence-corrected chi connectivity index (χ4v) is 2.09. The Labute approximate surface area is 133 Å². The van der Waals surface area contributed by atoms with Gasteiger partial charge in [0.2, 0.25) is 0 Å². The summed E-state index contributed by atoms with van der Waals surface area (Å²) in [6, 6.07) is 0. The van der Waals surface area contributed by atoms with Crippen LogP contribution in [0.1, 0.15) is 5.82 Å². The minimum absolute atomic E-state index is 0.0918. The predicted octanol–water partition coefficient (Wildman–Crippen LogP) is 0.0989. The van der Waals surface area contributed by atoms with E-state index in [0.717, 1.165) is 15.7 Å². The Hall–Kier alpha value is -2.83. The van der Waals surface area contributed by atoms with Crippen molar-refractivity contribution in [1.29, 1.82) is 0 Å². The third-order valence-corrected chi connectivity index (χ3v) is 3.24. The molecule has 128 valence electrons. The van der Waals surface area contributed by atoms with Crippen LogP contribution in [-0.2, 0) is 25.4 Å². The molecule has 0 amide bonds. The largest absolute Gasteiger partial charge is 0.431 e. The van der Waals surface area contributed by atoms with Crippen LogP contribution in [-0.4, -0.2) is 52.8 Å². The second kappa shape index (κ2) is 5.99. The molecular weight excluding hydrogens is 331 g/mol. The number of rotatable bonds is 4. The maximum Gasteiger partial charge on any atom is 0.431 e. The fraction of sp³-hybridized carbons (Fsp3) is 0.455. The molecule has 0 saturated carbocycles. The van der Waals surface area contributed by atoms with Gasteiger partial charge in [-0.1, -0.05) is 11.2 Å². The van der Waals surface area contributed by atoms with Crippen molar-refractivity contribution in [3.63, 3.8) is 0 Å². The van der Waals surface area contributed by atoms with E-state index in [-0.39, 0.29) is 12.6 Å². The number of alkyl halides is 3. The van der Waals surface area contributed by atoms with E-state index < -0.39 is 18.1 Å². The van der Waals surface area contributed by atoms with Crippen LogP contribution in [0.5, 0.6) is 0 Å². The highest BCUT2D eigenvalue weighted by atomic mass is 19.4. The zero-order valence-electron chi connectivity index (χ0n) is 12.6. The van der Waals surface area contributed by atoms with Gasteiger partial charge in [-0.05, 0) is 33.0 Å². The number of hydrogen-bond acceptors (Lipinski definition) is 8. The summed E-state index contributed by atoms with van der Waals surface area (Å²) in [5.74, 6) is 0.256. The molecule has 0 radical (unpaired) electrons. The molecule has 1 aliphatic heterocycles. The molecule has 0 aromatic carbocycles. The number of allylic oxidation sites excluding steroid dienone is 3. The van der Waals surface area contributed by atoms with Gasteiger partial charge in [-0.15, -0.1) is 5.10 Å². The van der Waals surface area contributed by atoms with E-state index in [1.807, 2.05) is 0 Å². The lowest BCUT2D eigenvalue weighted by Crippen LogP contribution is -2.43. The number of aryl methyl sites for hydroxylation is 2. The molecule has 13 heteroatoms. The summed E-state index contributed by atoms with van der Waals surface area (Å²) < 4.78 is 48.1. The first-order valence-electron chi connectivity index (χ1n) is 6.68. The van der Waals surface area contributed by atoms with Crippen molar-refractivity contribution in [3.05, 3.63) is 29.7 Å². The highest BCUT2D eigenvalue weighted by Gasteiger charge is 2.43. The molecule has 3 heterocycles. The summed E-state index contributed by atoms with van der Waals surface area (Å²) >= 11 is 0. The molecule has 2 aromatic heterocycles. The van der Waals surface area contributed by atoms with E-state index in [9.17, 15) is 13.2 Å². The average molecular weight is 343 g/mol. The van der Waals surface area contributed by atoms with Crippen LogP contribution < -0.4 is 4.90 Å². The van der Waals surface area contributed by atoms with Gasteiger partial charge in [-0.25, -0.2) is 9.36 Å². The Kier molecular flexibility index (Phi) is 4.01. The lowest BCUT2D eigenvalue weighted by Gasteiger charge is -2.33. The quantitative estimate of drug-likeness (QED) is 0.771. The second-order valence-corrected chi connectivity index (χ2v) is 4.83. The average Bonchev–Trinajstić information content (AvgIpc) is 3.12. The first-order valence-corrected chi connectivity index (χ1v) is 6.68. The van der Waals surface area contributed by atoms with Crippen molar-refractivity contribution in [2.24, 2.45) is 14.1 Å². The standard InChI is InChI=1S/C11H12F3N9O/c1-21-8(15-17-19-21)6-24-9-5-3-4-7(11(12,13)14)23(9)10-16-18-20-22(10)2/h3-5,9H,6H2,1-2H3. The summed E-state index contributed by atoms with van der Waals surface area (Å²) in [4.78, 5) is 0.865. The van der Waals surface area contributed by atoms with Crippen molar-refractivity contribution < 1.29 is 17.9 Å². The highest BCUT2D eigenvalue weighted by molar-refractivity contribution is 5.47. The van der Waals surface area contributed by atoms with Gasteiger partial charge in [0.1, 0.15) is 12.3 Å². The first kappa shape index (κ1) is 16.0. The van der Waals surface area contributed by atoms with Crippen LogP contribution >= 0.6 is 0 Å². The molecule has 0 spiro atoms. The Balaban J connectivity index is 1.89. The van der Waals surface area contributed by atoms with Crippen molar-refractivity contribution in [2.45, 2.75) is 19.0 Å². The molecule has 1 aliphatic rings. The molecule has 10 nitrogen and oxygen atoms in total. The lowest BCUT2D eigenvalue weighted by molar-refractivity contribution is -0.0979. The summed E-state index contributed by atoms with van der Waals surface area (Å²) in [7, 11) is 3.03. The van der Waals surface area contributed by atoms with Gasteiger partial charge < -0.3 is 4.74 Å². The monoisotopic (exact) mass is 343 g/mol. The van der Waals surface area contributed by atoms with Gasteiger partial charge in [-0.3, -0.25) is 4.90 Å². The maximum atomic E-state index is 13.4. The van der Waals surface area contributed by atoms with E-state index >= 15 is 0 Å². The molecule has 0 aliphatic carbocycles.